The molecule has 0 heterocycles. The third-order valence-electron chi connectivity index (χ3n) is 4.13. The summed E-state index contributed by atoms with van der Waals surface area (Å²) in [5.74, 6) is -1.31. The van der Waals surface area contributed by atoms with Crippen molar-refractivity contribution in [2.45, 2.75) is 55.6 Å². The highest BCUT2D eigenvalue weighted by Crippen LogP contribution is 2.27. The van der Waals surface area contributed by atoms with Crippen LogP contribution in [0.2, 0.25) is 0 Å². The van der Waals surface area contributed by atoms with Crippen LogP contribution in [0.1, 0.15) is 39.0 Å². The van der Waals surface area contributed by atoms with E-state index >= 15 is 0 Å². The van der Waals surface area contributed by atoms with Gasteiger partial charge in [0, 0.05) is 4.90 Å². The maximum absolute atomic E-state index is 12.8. The molecule has 134 valence electrons. The van der Waals surface area contributed by atoms with Gasteiger partial charge in [-0.25, -0.2) is 4.39 Å². The van der Waals surface area contributed by atoms with E-state index in [1.165, 1.54) is 30.8 Å². The summed E-state index contributed by atoms with van der Waals surface area (Å²) >= 11 is 1.21. The van der Waals surface area contributed by atoms with E-state index in [2.05, 4.69) is 11.4 Å². The van der Waals surface area contributed by atoms with Crippen LogP contribution in [0, 0.1) is 17.1 Å². The van der Waals surface area contributed by atoms with Crippen molar-refractivity contribution < 1.29 is 18.7 Å². The summed E-state index contributed by atoms with van der Waals surface area (Å²) in [6.07, 6.45) is 3.14. The van der Waals surface area contributed by atoms with Gasteiger partial charge in [-0.3, -0.25) is 9.59 Å². The lowest BCUT2D eigenvalue weighted by Gasteiger charge is -2.32. The second kappa shape index (κ2) is 8.86. The molecule has 0 aliphatic heterocycles. The molecule has 2 rings (SSSR count). The standard InChI is InChI=1S/C18H21FN2O3S/c1-13(17(23)21-18(12-20)9-3-2-4-10-18)24-16(22)11-25-15-7-5-14(19)6-8-15/h5-8,13H,2-4,9-11H2,1H3,(H,21,23)/t13-/m1/s1. The van der Waals surface area contributed by atoms with Crippen molar-refractivity contribution in [3.05, 3.63) is 30.1 Å². The van der Waals surface area contributed by atoms with E-state index in [4.69, 9.17) is 4.74 Å². The summed E-state index contributed by atoms with van der Waals surface area (Å²) < 4.78 is 18.0. The van der Waals surface area contributed by atoms with E-state index in [0.29, 0.717) is 12.8 Å². The lowest BCUT2D eigenvalue weighted by atomic mass is 9.83. The number of nitrogens with zero attached hydrogens (tertiary/aromatic N) is 1. The number of carbonyl (C=O) groups is 2. The van der Waals surface area contributed by atoms with Gasteiger partial charge in [0.2, 0.25) is 0 Å². The highest BCUT2D eigenvalue weighted by atomic mass is 32.2. The fourth-order valence-electron chi connectivity index (χ4n) is 2.72. The van der Waals surface area contributed by atoms with Crippen LogP contribution in [0.5, 0.6) is 0 Å². The van der Waals surface area contributed by atoms with Crippen LogP contribution in [0.25, 0.3) is 0 Å². The first kappa shape index (κ1) is 19.3. The van der Waals surface area contributed by atoms with E-state index in [-0.39, 0.29) is 11.6 Å². The number of benzene rings is 1. The second-order valence-electron chi connectivity index (χ2n) is 6.12. The molecule has 1 N–H and O–H groups in total. The highest BCUT2D eigenvalue weighted by molar-refractivity contribution is 8.00. The normalized spacial score (nSPS) is 17.2. The molecule has 1 saturated carbocycles. The Morgan fingerprint density at radius 1 is 1.32 bits per heavy atom. The Morgan fingerprint density at radius 2 is 1.96 bits per heavy atom. The van der Waals surface area contributed by atoms with Crippen molar-refractivity contribution in [3.8, 4) is 6.07 Å². The van der Waals surface area contributed by atoms with E-state index in [9.17, 15) is 19.2 Å². The molecular formula is C18H21FN2O3S. The predicted molar refractivity (Wildman–Crippen MR) is 92.2 cm³/mol. The Labute approximate surface area is 150 Å². The van der Waals surface area contributed by atoms with Crippen LogP contribution < -0.4 is 5.32 Å². The van der Waals surface area contributed by atoms with Crippen molar-refractivity contribution >= 4 is 23.6 Å². The number of ether oxygens (including phenoxy) is 1. The lowest BCUT2D eigenvalue weighted by Crippen LogP contribution is -2.52. The maximum atomic E-state index is 12.8. The van der Waals surface area contributed by atoms with Crippen molar-refractivity contribution in [3.63, 3.8) is 0 Å². The third-order valence-corrected chi connectivity index (χ3v) is 5.12. The molecule has 1 aromatic carbocycles. The number of nitrogens with one attached hydrogen (secondary N) is 1. The van der Waals surface area contributed by atoms with Crippen molar-refractivity contribution in [2.75, 3.05) is 5.75 Å². The Balaban J connectivity index is 1.80. The average molecular weight is 364 g/mol. The number of amides is 1. The molecular weight excluding hydrogens is 343 g/mol. The van der Waals surface area contributed by atoms with Crippen molar-refractivity contribution in [1.29, 1.82) is 5.26 Å². The van der Waals surface area contributed by atoms with Gasteiger partial charge in [0.25, 0.3) is 5.91 Å². The summed E-state index contributed by atoms with van der Waals surface area (Å²) in [4.78, 5) is 24.8. The molecule has 1 atom stereocenters. The quantitative estimate of drug-likeness (QED) is 0.619. The number of carbonyl (C=O) groups excluding carboxylic acids is 2. The van der Waals surface area contributed by atoms with Gasteiger partial charge in [-0.1, -0.05) is 19.3 Å². The molecule has 25 heavy (non-hydrogen) atoms. The molecule has 1 aromatic rings. The molecule has 7 heteroatoms. The number of hydrogen-bond acceptors (Lipinski definition) is 5. The molecule has 0 aromatic heterocycles. The van der Waals surface area contributed by atoms with Crippen LogP contribution >= 0.6 is 11.8 Å². The number of hydrogen-bond donors (Lipinski definition) is 1. The van der Waals surface area contributed by atoms with Crippen LogP contribution in [-0.4, -0.2) is 29.3 Å². The first-order valence-corrected chi connectivity index (χ1v) is 9.24. The molecule has 1 fully saturated rings. The molecule has 5 nitrogen and oxygen atoms in total. The minimum atomic E-state index is -0.964. The first-order chi connectivity index (χ1) is 11.9. The van der Waals surface area contributed by atoms with Gasteiger partial charge in [0.1, 0.15) is 11.4 Å². The molecule has 0 spiro atoms. The van der Waals surface area contributed by atoms with Crippen molar-refractivity contribution in [2.24, 2.45) is 0 Å². The first-order valence-electron chi connectivity index (χ1n) is 8.25. The molecule has 1 aliphatic rings. The molecule has 0 radical (unpaired) electrons. The number of esters is 1. The fourth-order valence-corrected chi connectivity index (χ4v) is 3.40. The van der Waals surface area contributed by atoms with E-state index in [1.54, 1.807) is 12.1 Å². The van der Waals surface area contributed by atoms with Crippen LogP contribution in [0.3, 0.4) is 0 Å². The van der Waals surface area contributed by atoms with Gasteiger partial charge in [0.05, 0.1) is 11.8 Å². The van der Waals surface area contributed by atoms with Gasteiger partial charge in [0.15, 0.2) is 6.10 Å². The van der Waals surface area contributed by atoms with Gasteiger partial charge < -0.3 is 10.1 Å². The second-order valence-corrected chi connectivity index (χ2v) is 7.17. The lowest BCUT2D eigenvalue weighted by molar-refractivity contribution is -0.152. The zero-order chi connectivity index (χ0) is 18.3. The Kier molecular flexibility index (Phi) is 6.82. The largest absolute Gasteiger partial charge is 0.452 e. The van der Waals surface area contributed by atoms with Gasteiger partial charge in [-0.15, -0.1) is 11.8 Å². The SMILES string of the molecule is C[C@@H](OC(=O)CSc1ccc(F)cc1)C(=O)NC1(C#N)CCCCC1. The average Bonchev–Trinajstić information content (AvgIpc) is 2.62. The van der Waals surface area contributed by atoms with Gasteiger partial charge in [-0.2, -0.15) is 5.26 Å². The number of thioether (sulfide) groups is 1. The van der Waals surface area contributed by atoms with Crippen LogP contribution in [0.15, 0.2) is 29.2 Å². The van der Waals surface area contributed by atoms with Crippen molar-refractivity contribution in [1.82, 2.24) is 5.32 Å². The Bertz CT molecular complexity index is 651. The Hall–Kier alpha value is -2.07. The molecule has 1 amide bonds. The topological polar surface area (TPSA) is 79.2 Å². The summed E-state index contributed by atoms with van der Waals surface area (Å²) in [5, 5.41) is 12.1. The molecule has 0 unspecified atom stereocenters. The predicted octanol–water partition coefficient (Wildman–Crippen LogP) is 3.19. The summed E-state index contributed by atoms with van der Waals surface area (Å²) in [6, 6.07) is 7.98. The minimum absolute atomic E-state index is 0.0205. The third kappa shape index (κ3) is 5.75. The van der Waals surface area contributed by atoms with Crippen LogP contribution in [-0.2, 0) is 14.3 Å². The summed E-state index contributed by atoms with van der Waals surface area (Å²) in [5.41, 5.74) is -0.848. The fraction of sp³-hybridized carbons (Fsp3) is 0.500. The summed E-state index contributed by atoms with van der Waals surface area (Å²) in [6.45, 7) is 1.49. The maximum Gasteiger partial charge on any atom is 0.317 e. The van der Waals surface area contributed by atoms with Gasteiger partial charge in [-0.05, 0) is 44.0 Å². The molecule has 0 bridgehead atoms. The van der Waals surface area contributed by atoms with E-state index in [1.807, 2.05) is 0 Å². The number of halogens is 1. The van der Waals surface area contributed by atoms with E-state index in [0.717, 1.165) is 24.2 Å². The molecule has 0 saturated heterocycles. The highest BCUT2D eigenvalue weighted by Gasteiger charge is 2.35. The Morgan fingerprint density at radius 3 is 2.56 bits per heavy atom. The molecule has 1 aliphatic carbocycles. The smallest absolute Gasteiger partial charge is 0.317 e. The number of rotatable bonds is 6. The number of nitriles is 1. The van der Waals surface area contributed by atoms with E-state index < -0.39 is 23.5 Å². The monoisotopic (exact) mass is 364 g/mol. The zero-order valence-electron chi connectivity index (χ0n) is 14.1. The van der Waals surface area contributed by atoms with Crippen LogP contribution in [0.4, 0.5) is 4.39 Å². The van der Waals surface area contributed by atoms with Gasteiger partial charge >= 0.3 is 5.97 Å². The summed E-state index contributed by atoms with van der Waals surface area (Å²) in [7, 11) is 0. The minimum Gasteiger partial charge on any atom is -0.452 e. The zero-order valence-corrected chi connectivity index (χ0v) is 14.9.